The quantitative estimate of drug-likeness (QED) is 0.760. The van der Waals surface area contributed by atoms with Crippen molar-refractivity contribution in [2.24, 2.45) is 0 Å². The minimum atomic E-state index is 0.0481. The molecule has 1 rings (SSSR count). The summed E-state index contributed by atoms with van der Waals surface area (Å²) in [6.07, 6.45) is 0.394. The SMILES string of the molecule is CCN(CC)CCNC(=O)CCOc1ccc(C)cc1C. The molecule has 0 fully saturated rings. The molecule has 21 heavy (non-hydrogen) atoms. The van der Waals surface area contributed by atoms with Gasteiger partial charge in [0.05, 0.1) is 13.0 Å². The van der Waals surface area contributed by atoms with E-state index in [1.807, 2.05) is 19.1 Å². The molecule has 0 atom stereocenters. The van der Waals surface area contributed by atoms with Crippen LogP contribution in [0.3, 0.4) is 0 Å². The second-order valence-corrected chi connectivity index (χ2v) is 5.24. The lowest BCUT2D eigenvalue weighted by atomic mass is 10.1. The third-order valence-electron chi connectivity index (χ3n) is 3.56. The summed E-state index contributed by atoms with van der Waals surface area (Å²) in [5.74, 6) is 0.906. The molecule has 0 unspecified atom stereocenters. The number of likely N-dealkylation sites (N-methyl/N-ethyl adjacent to an activating group) is 1. The summed E-state index contributed by atoms with van der Waals surface area (Å²) in [5.41, 5.74) is 2.32. The molecular weight excluding hydrogens is 264 g/mol. The van der Waals surface area contributed by atoms with Gasteiger partial charge in [-0.05, 0) is 38.6 Å². The highest BCUT2D eigenvalue weighted by Crippen LogP contribution is 2.18. The highest BCUT2D eigenvalue weighted by molar-refractivity contribution is 5.75. The van der Waals surface area contributed by atoms with Crippen LogP contribution in [-0.4, -0.2) is 43.6 Å². The van der Waals surface area contributed by atoms with Crippen LogP contribution in [0.2, 0.25) is 0 Å². The standard InChI is InChI=1S/C17H28N2O2/c1-5-19(6-2)11-10-18-17(20)9-12-21-16-8-7-14(3)13-15(16)4/h7-8,13H,5-6,9-12H2,1-4H3,(H,18,20). The first-order valence-corrected chi connectivity index (χ1v) is 7.75. The summed E-state index contributed by atoms with van der Waals surface area (Å²) < 4.78 is 5.66. The van der Waals surface area contributed by atoms with Crippen LogP contribution in [0.25, 0.3) is 0 Å². The number of nitrogens with one attached hydrogen (secondary N) is 1. The molecule has 0 radical (unpaired) electrons. The predicted octanol–water partition coefficient (Wildman–Crippen LogP) is 2.53. The smallest absolute Gasteiger partial charge is 0.223 e. The van der Waals surface area contributed by atoms with Crippen molar-refractivity contribution < 1.29 is 9.53 Å². The molecule has 0 aliphatic heterocycles. The van der Waals surface area contributed by atoms with Gasteiger partial charge in [0.1, 0.15) is 5.75 Å². The zero-order valence-corrected chi connectivity index (χ0v) is 13.7. The monoisotopic (exact) mass is 292 g/mol. The number of rotatable bonds is 9. The topological polar surface area (TPSA) is 41.6 Å². The van der Waals surface area contributed by atoms with Crippen molar-refractivity contribution in [1.82, 2.24) is 10.2 Å². The first-order chi connectivity index (χ1) is 10.1. The Morgan fingerprint density at radius 3 is 2.57 bits per heavy atom. The maximum atomic E-state index is 11.7. The van der Waals surface area contributed by atoms with Crippen molar-refractivity contribution in [2.75, 3.05) is 32.8 Å². The molecule has 4 heteroatoms. The fourth-order valence-electron chi connectivity index (χ4n) is 2.20. The van der Waals surface area contributed by atoms with Crippen LogP contribution in [0, 0.1) is 13.8 Å². The van der Waals surface area contributed by atoms with E-state index in [0.29, 0.717) is 19.6 Å². The molecule has 0 bridgehead atoms. The molecule has 1 N–H and O–H groups in total. The number of amides is 1. The second kappa shape index (κ2) is 9.40. The highest BCUT2D eigenvalue weighted by atomic mass is 16.5. The first kappa shape index (κ1) is 17.5. The van der Waals surface area contributed by atoms with Crippen molar-refractivity contribution >= 4 is 5.91 Å². The van der Waals surface area contributed by atoms with Crippen molar-refractivity contribution in [1.29, 1.82) is 0 Å². The fraction of sp³-hybridized carbons (Fsp3) is 0.588. The molecule has 0 aliphatic carbocycles. The van der Waals surface area contributed by atoms with Gasteiger partial charge in [0.2, 0.25) is 5.91 Å². The molecule has 0 heterocycles. The van der Waals surface area contributed by atoms with Gasteiger partial charge >= 0.3 is 0 Å². The van der Waals surface area contributed by atoms with E-state index in [9.17, 15) is 4.79 Å². The number of benzene rings is 1. The van der Waals surface area contributed by atoms with Gasteiger partial charge in [0.25, 0.3) is 0 Å². The van der Waals surface area contributed by atoms with Crippen molar-refractivity contribution in [3.63, 3.8) is 0 Å². The van der Waals surface area contributed by atoms with Crippen LogP contribution in [0.15, 0.2) is 18.2 Å². The second-order valence-electron chi connectivity index (χ2n) is 5.24. The normalized spacial score (nSPS) is 10.7. The number of aryl methyl sites for hydroxylation is 2. The molecule has 0 spiro atoms. The first-order valence-electron chi connectivity index (χ1n) is 7.75. The number of hydrogen-bond acceptors (Lipinski definition) is 3. The summed E-state index contributed by atoms with van der Waals surface area (Å²) >= 11 is 0. The lowest BCUT2D eigenvalue weighted by molar-refractivity contribution is -0.121. The van der Waals surface area contributed by atoms with Crippen molar-refractivity contribution in [3.8, 4) is 5.75 Å². The number of hydrogen-bond donors (Lipinski definition) is 1. The van der Waals surface area contributed by atoms with E-state index in [4.69, 9.17) is 4.74 Å². The lowest BCUT2D eigenvalue weighted by Gasteiger charge is -2.18. The predicted molar refractivity (Wildman–Crippen MR) is 86.8 cm³/mol. The molecular formula is C17H28N2O2. The van der Waals surface area contributed by atoms with Gasteiger partial charge in [-0.25, -0.2) is 0 Å². The minimum absolute atomic E-state index is 0.0481. The van der Waals surface area contributed by atoms with Crippen LogP contribution in [-0.2, 0) is 4.79 Å². The van der Waals surface area contributed by atoms with Gasteiger partial charge in [-0.1, -0.05) is 31.5 Å². The zero-order valence-electron chi connectivity index (χ0n) is 13.7. The highest BCUT2D eigenvalue weighted by Gasteiger charge is 2.04. The van der Waals surface area contributed by atoms with Gasteiger partial charge in [-0.3, -0.25) is 4.79 Å². The summed E-state index contributed by atoms with van der Waals surface area (Å²) in [5, 5.41) is 2.93. The number of ether oxygens (including phenoxy) is 1. The van der Waals surface area contributed by atoms with E-state index in [0.717, 1.165) is 30.9 Å². The van der Waals surface area contributed by atoms with Gasteiger partial charge in [0, 0.05) is 13.1 Å². The molecule has 0 aromatic heterocycles. The molecule has 1 amide bonds. The molecule has 1 aromatic carbocycles. The summed E-state index contributed by atoms with van der Waals surface area (Å²) in [7, 11) is 0. The van der Waals surface area contributed by atoms with E-state index in [-0.39, 0.29) is 5.91 Å². The van der Waals surface area contributed by atoms with Gasteiger partial charge < -0.3 is 15.0 Å². The maximum absolute atomic E-state index is 11.7. The maximum Gasteiger partial charge on any atom is 0.223 e. The Morgan fingerprint density at radius 2 is 1.95 bits per heavy atom. The van der Waals surface area contributed by atoms with E-state index >= 15 is 0 Å². The largest absolute Gasteiger partial charge is 0.493 e. The zero-order chi connectivity index (χ0) is 15.7. The fourth-order valence-corrected chi connectivity index (χ4v) is 2.20. The Hall–Kier alpha value is -1.55. The molecule has 0 aliphatic rings. The molecule has 0 saturated carbocycles. The van der Waals surface area contributed by atoms with E-state index in [1.165, 1.54) is 5.56 Å². The third-order valence-corrected chi connectivity index (χ3v) is 3.56. The Bertz CT molecular complexity index is 442. The average Bonchev–Trinajstić information content (AvgIpc) is 2.46. The third kappa shape index (κ3) is 6.63. The number of carbonyl (C=O) groups is 1. The molecule has 118 valence electrons. The van der Waals surface area contributed by atoms with Crippen LogP contribution in [0.4, 0.5) is 0 Å². The Labute approximate surface area is 128 Å². The molecule has 0 saturated heterocycles. The summed E-state index contributed by atoms with van der Waals surface area (Å²) in [6, 6.07) is 6.06. The molecule has 4 nitrogen and oxygen atoms in total. The average molecular weight is 292 g/mol. The number of nitrogens with zero attached hydrogens (tertiary/aromatic N) is 1. The van der Waals surface area contributed by atoms with Gasteiger partial charge in [-0.15, -0.1) is 0 Å². The van der Waals surface area contributed by atoms with E-state index < -0.39 is 0 Å². The van der Waals surface area contributed by atoms with Gasteiger partial charge in [0.15, 0.2) is 0 Å². The Morgan fingerprint density at radius 1 is 1.24 bits per heavy atom. The van der Waals surface area contributed by atoms with Crippen molar-refractivity contribution in [3.05, 3.63) is 29.3 Å². The van der Waals surface area contributed by atoms with Crippen LogP contribution in [0.1, 0.15) is 31.4 Å². The number of carbonyl (C=O) groups excluding carboxylic acids is 1. The summed E-state index contributed by atoms with van der Waals surface area (Å²) in [4.78, 5) is 14.0. The summed E-state index contributed by atoms with van der Waals surface area (Å²) in [6.45, 7) is 12.4. The minimum Gasteiger partial charge on any atom is -0.493 e. The van der Waals surface area contributed by atoms with Crippen LogP contribution in [0.5, 0.6) is 5.75 Å². The Kier molecular flexibility index (Phi) is 7.83. The lowest BCUT2D eigenvalue weighted by Crippen LogP contribution is -2.35. The molecule has 1 aromatic rings. The van der Waals surface area contributed by atoms with E-state index in [1.54, 1.807) is 0 Å². The van der Waals surface area contributed by atoms with Gasteiger partial charge in [-0.2, -0.15) is 0 Å². The van der Waals surface area contributed by atoms with Crippen molar-refractivity contribution in [2.45, 2.75) is 34.1 Å². The van der Waals surface area contributed by atoms with Crippen LogP contribution >= 0.6 is 0 Å². The van der Waals surface area contributed by atoms with Crippen LogP contribution < -0.4 is 10.1 Å². The Balaban J connectivity index is 2.21. The van der Waals surface area contributed by atoms with E-state index in [2.05, 4.69) is 37.1 Å².